The molecule has 1 aromatic heterocycles. The van der Waals surface area contributed by atoms with Crippen LogP contribution in [0.1, 0.15) is 39.3 Å². The minimum atomic E-state index is -1.85. The number of nitrogens with zero attached hydrogens (tertiary/aromatic N) is 4. The molecule has 0 aliphatic carbocycles. The number of ether oxygens (including phenoxy) is 3. The Labute approximate surface area is 182 Å². The number of hydrogen-bond acceptors (Lipinski definition) is 7. The van der Waals surface area contributed by atoms with Crippen LogP contribution in [0.25, 0.3) is 0 Å². The minimum Gasteiger partial charge on any atom is -0.379 e. The summed E-state index contributed by atoms with van der Waals surface area (Å²) in [6, 6.07) is 0. The van der Waals surface area contributed by atoms with E-state index in [0.29, 0.717) is 56.5 Å². The van der Waals surface area contributed by atoms with E-state index in [4.69, 9.17) is 14.2 Å². The van der Waals surface area contributed by atoms with E-state index in [1.54, 1.807) is 4.68 Å². The van der Waals surface area contributed by atoms with Crippen LogP contribution in [0.3, 0.4) is 0 Å². The summed E-state index contributed by atoms with van der Waals surface area (Å²) >= 11 is 0. The Balaban J connectivity index is 1.43. The van der Waals surface area contributed by atoms with Gasteiger partial charge in [0.15, 0.2) is 0 Å². The van der Waals surface area contributed by atoms with Gasteiger partial charge < -0.3 is 14.2 Å². The van der Waals surface area contributed by atoms with Gasteiger partial charge in [-0.05, 0) is 33.6 Å². The summed E-state index contributed by atoms with van der Waals surface area (Å²) in [6.07, 6.45) is 4.21. The molecule has 0 atom stereocenters. The number of hydrogen-bond donors (Lipinski definition) is 0. The molecule has 0 N–H and O–H groups in total. The molecule has 1 saturated heterocycles. The van der Waals surface area contributed by atoms with Crippen molar-refractivity contribution >= 4 is 15.4 Å². The SMILES string of the molecule is C=S1(=O)CCN(Cc2cn(CCOCCOCCOCCCC(C)(C)C)nn2)CC1. The summed E-state index contributed by atoms with van der Waals surface area (Å²) in [4.78, 5) is 2.25. The van der Waals surface area contributed by atoms with Crippen molar-refractivity contribution in [3.63, 3.8) is 0 Å². The Hall–Kier alpha value is -1.00. The smallest absolute Gasteiger partial charge is 0.0967 e. The fraction of sp³-hybridized carbons (Fsp3) is 0.857. The molecule has 2 heterocycles. The van der Waals surface area contributed by atoms with Gasteiger partial charge in [-0.1, -0.05) is 26.0 Å². The first-order chi connectivity index (χ1) is 14.2. The number of rotatable bonds is 14. The van der Waals surface area contributed by atoms with Crippen LogP contribution in [0.2, 0.25) is 0 Å². The molecule has 30 heavy (non-hydrogen) atoms. The Kier molecular flexibility index (Phi) is 10.7. The Morgan fingerprint density at radius 3 is 2.27 bits per heavy atom. The first kappa shape index (κ1) is 25.3. The lowest BCUT2D eigenvalue weighted by Gasteiger charge is -2.27. The second-order valence-electron chi connectivity index (χ2n) is 9.12. The van der Waals surface area contributed by atoms with Crippen molar-refractivity contribution in [1.82, 2.24) is 19.9 Å². The molecular formula is C21H40N4O4S. The highest BCUT2D eigenvalue weighted by Crippen LogP contribution is 2.20. The largest absolute Gasteiger partial charge is 0.379 e. The highest BCUT2D eigenvalue weighted by Gasteiger charge is 2.18. The van der Waals surface area contributed by atoms with Crippen molar-refractivity contribution in [3.05, 3.63) is 11.9 Å². The molecule has 0 spiro atoms. The topological polar surface area (TPSA) is 78.7 Å². The van der Waals surface area contributed by atoms with Crippen molar-refractivity contribution in [1.29, 1.82) is 0 Å². The lowest BCUT2D eigenvalue weighted by atomic mass is 9.91. The van der Waals surface area contributed by atoms with Crippen molar-refractivity contribution in [2.45, 2.75) is 46.7 Å². The van der Waals surface area contributed by atoms with Gasteiger partial charge in [-0.3, -0.25) is 9.11 Å². The van der Waals surface area contributed by atoms with Crippen LogP contribution in [-0.4, -0.2) is 94.2 Å². The van der Waals surface area contributed by atoms with E-state index in [1.165, 1.54) is 6.42 Å². The Morgan fingerprint density at radius 2 is 1.63 bits per heavy atom. The second-order valence-corrected chi connectivity index (χ2v) is 11.9. The molecule has 1 fully saturated rings. The van der Waals surface area contributed by atoms with Gasteiger partial charge >= 0.3 is 0 Å². The summed E-state index contributed by atoms with van der Waals surface area (Å²) in [5.41, 5.74) is 1.30. The fourth-order valence-corrected chi connectivity index (χ4v) is 4.50. The van der Waals surface area contributed by atoms with Crippen molar-refractivity contribution in [2.75, 3.05) is 64.2 Å². The lowest BCUT2D eigenvalue weighted by Crippen LogP contribution is -2.39. The van der Waals surface area contributed by atoms with Crippen LogP contribution in [0.4, 0.5) is 0 Å². The molecule has 1 aliphatic heterocycles. The lowest BCUT2D eigenvalue weighted by molar-refractivity contribution is 0.0113. The zero-order chi connectivity index (χ0) is 21.9. The molecular weight excluding hydrogens is 404 g/mol. The van der Waals surface area contributed by atoms with Crippen LogP contribution in [-0.2, 0) is 36.8 Å². The van der Waals surface area contributed by atoms with E-state index in [-0.39, 0.29) is 0 Å². The Morgan fingerprint density at radius 1 is 1.03 bits per heavy atom. The summed E-state index contributed by atoms with van der Waals surface area (Å²) in [7, 11) is -1.85. The average Bonchev–Trinajstić information content (AvgIpc) is 3.11. The van der Waals surface area contributed by atoms with Gasteiger partial charge in [0.25, 0.3) is 0 Å². The molecule has 9 heteroatoms. The van der Waals surface area contributed by atoms with Gasteiger partial charge in [0, 0.05) is 43.9 Å². The normalized spacial score (nSPS) is 17.4. The highest BCUT2D eigenvalue weighted by molar-refractivity contribution is 8.00. The van der Waals surface area contributed by atoms with Crippen LogP contribution in [0.5, 0.6) is 0 Å². The molecule has 0 radical (unpaired) electrons. The maximum atomic E-state index is 11.9. The highest BCUT2D eigenvalue weighted by atomic mass is 32.2. The van der Waals surface area contributed by atoms with Crippen molar-refractivity contribution in [3.8, 4) is 0 Å². The molecule has 0 amide bonds. The summed E-state index contributed by atoms with van der Waals surface area (Å²) in [5, 5.41) is 8.37. The molecule has 1 aliphatic rings. The quantitative estimate of drug-likeness (QED) is 0.319. The van der Waals surface area contributed by atoms with Crippen LogP contribution in [0, 0.1) is 5.41 Å². The fourth-order valence-electron chi connectivity index (χ4n) is 3.12. The second kappa shape index (κ2) is 12.8. The van der Waals surface area contributed by atoms with E-state index in [1.807, 2.05) is 6.20 Å². The van der Waals surface area contributed by atoms with Crippen molar-refractivity contribution < 1.29 is 18.4 Å². The molecule has 0 bridgehead atoms. The molecule has 8 nitrogen and oxygen atoms in total. The van der Waals surface area contributed by atoms with Crippen LogP contribution >= 0.6 is 0 Å². The molecule has 174 valence electrons. The van der Waals surface area contributed by atoms with E-state index in [0.717, 1.165) is 38.4 Å². The average molecular weight is 445 g/mol. The van der Waals surface area contributed by atoms with Crippen LogP contribution < -0.4 is 0 Å². The predicted octanol–water partition coefficient (Wildman–Crippen LogP) is 1.69. The van der Waals surface area contributed by atoms with Crippen molar-refractivity contribution in [2.24, 2.45) is 5.41 Å². The van der Waals surface area contributed by atoms with Gasteiger partial charge in [0.2, 0.25) is 0 Å². The third kappa shape index (κ3) is 11.4. The monoisotopic (exact) mass is 444 g/mol. The minimum absolute atomic E-state index is 0.373. The summed E-state index contributed by atoms with van der Waals surface area (Å²) < 4.78 is 30.4. The first-order valence-electron chi connectivity index (χ1n) is 10.9. The van der Waals surface area contributed by atoms with Gasteiger partial charge in [0.05, 0.1) is 45.3 Å². The van der Waals surface area contributed by atoms with Crippen LogP contribution in [0.15, 0.2) is 6.20 Å². The van der Waals surface area contributed by atoms with E-state index >= 15 is 0 Å². The third-order valence-corrected chi connectivity index (χ3v) is 6.81. The third-order valence-electron chi connectivity index (χ3n) is 4.95. The van der Waals surface area contributed by atoms with E-state index in [2.05, 4.69) is 41.9 Å². The van der Waals surface area contributed by atoms with Gasteiger partial charge in [0.1, 0.15) is 0 Å². The summed E-state index contributed by atoms with van der Waals surface area (Å²) in [5.74, 6) is 5.14. The number of aromatic nitrogens is 3. The molecule has 0 aromatic carbocycles. The first-order valence-corrected chi connectivity index (χ1v) is 13.0. The van der Waals surface area contributed by atoms with Gasteiger partial charge in [-0.15, -0.1) is 5.10 Å². The summed E-state index contributed by atoms with van der Waals surface area (Å²) in [6.45, 7) is 13.5. The van der Waals surface area contributed by atoms with Gasteiger partial charge in [-0.25, -0.2) is 4.68 Å². The maximum absolute atomic E-state index is 11.9. The van der Waals surface area contributed by atoms with Gasteiger partial charge in [-0.2, -0.15) is 0 Å². The zero-order valence-electron chi connectivity index (χ0n) is 19.0. The molecule has 0 unspecified atom stereocenters. The Bertz CT molecular complexity index is 686. The van der Waals surface area contributed by atoms with E-state index in [9.17, 15) is 4.21 Å². The molecule has 2 rings (SSSR count). The standard InChI is InChI=1S/C21H40N4O4S/c1-21(2,3)6-5-10-27-12-14-29-15-13-28-11-7-25-19-20(22-23-25)18-24-8-16-30(4,26)17-9-24/h19H,4-18H2,1-3H3. The predicted molar refractivity (Wildman–Crippen MR) is 121 cm³/mol. The van der Waals surface area contributed by atoms with E-state index < -0.39 is 9.52 Å². The molecule has 0 saturated carbocycles. The molecule has 1 aromatic rings. The zero-order valence-corrected chi connectivity index (χ0v) is 19.8. The maximum Gasteiger partial charge on any atom is 0.0967 e.